The maximum absolute atomic E-state index is 15.0. The van der Waals surface area contributed by atoms with Crippen molar-refractivity contribution in [1.82, 2.24) is 0 Å². The number of Topliss-reactive ketones (excluding diaryl/α,β-unsaturated/α-hetero) is 1. The average Bonchev–Trinajstić information content (AvgIpc) is 3.38. The first-order valence-electron chi connectivity index (χ1n) is 17.1. The molecule has 5 unspecified atom stereocenters. The highest BCUT2D eigenvalue weighted by atomic mass is 28.4. The largest absolute Gasteiger partial charge is 0.497 e. The molecular weight excluding hydrogens is 613 g/mol. The number of carbonyl (C=O) groups is 2. The predicted octanol–water partition coefficient (Wildman–Crippen LogP) is 7.98. The van der Waals surface area contributed by atoms with Gasteiger partial charge in [0, 0.05) is 11.0 Å². The number of rotatable bonds is 9. The number of ketones is 1. The van der Waals surface area contributed by atoms with Crippen molar-refractivity contribution >= 4 is 30.4 Å². The van der Waals surface area contributed by atoms with Crippen LogP contribution in [-0.2, 0) is 14.0 Å². The van der Waals surface area contributed by atoms with Crippen LogP contribution >= 0.6 is 0 Å². The second kappa shape index (κ2) is 13.1. The average molecular weight is 661 g/mol. The Labute approximate surface area is 286 Å². The van der Waals surface area contributed by atoms with Crippen LogP contribution in [0.25, 0.3) is 0 Å². The number of carbonyl (C=O) groups excluding carboxylic acids is 2. The number of fused-ring (bicyclic) bond motifs is 1. The van der Waals surface area contributed by atoms with Crippen LogP contribution in [-0.4, -0.2) is 39.9 Å². The normalized spacial score (nSPS) is 25.6. The molecule has 0 spiro atoms. The molecule has 0 bridgehead atoms. The van der Waals surface area contributed by atoms with Gasteiger partial charge in [-0.15, -0.1) is 0 Å². The number of hydrogen-bond donors (Lipinski definition) is 0. The molecule has 0 aliphatic heterocycles. The third-order valence-electron chi connectivity index (χ3n) is 11.5. The second-order valence-electron chi connectivity index (χ2n) is 14.9. The lowest BCUT2D eigenvalue weighted by molar-refractivity contribution is -0.156. The van der Waals surface area contributed by atoms with Gasteiger partial charge in [0.25, 0.3) is 8.32 Å². The zero-order valence-electron chi connectivity index (χ0n) is 29.1. The van der Waals surface area contributed by atoms with Crippen LogP contribution in [0.3, 0.4) is 0 Å². The lowest BCUT2D eigenvalue weighted by atomic mass is 9.57. The molecule has 48 heavy (non-hydrogen) atoms. The first-order valence-corrected chi connectivity index (χ1v) is 19.0. The lowest BCUT2D eigenvalue weighted by Crippen LogP contribution is -2.73. The van der Waals surface area contributed by atoms with Crippen LogP contribution in [0.5, 0.6) is 5.75 Å². The molecular formula is C42H48O5Si. The molecule has 4 aromatic rings. The van der Waals surface area contributed by atoms with Crippen LogP contribution in [0, 0.1) is 17.3 Å². The van der Waals surface area contributed by atoms with Gasteiger partial charge in [-0.3, -0.25) is 9.59 Å². The van der Waals surface area contributed by atoms with Crippen molar-refractivity contribution in [3.05, 3.63) is 126 Å². The van der Waals surface area contributed by atoms with Gasteiger partial charge in [0.1, 0.15) is 5.75 Å². The molecule has 5 atom stereocenters. The van der Waals surface area contributed by atoms with E-state index in [-0.39, 0.29) is 28.6 Å². The van der Waals surface area contributed by atoms with E-state index < -0.39 is 25.3 Å². The first-order chi connectivity index (χ1) is 23.0. The molecule has 2 aliphatic rings. The van der Waals surface area contributed by atoms with Crippen molar-refractivity contribution in [2.75, 3.05) is 14.2 Å². The monoisotopic (exact) mass is 660 g/mol. The van der Waals surface area contributed by atoms with Crippen molar-refractivity contribution in [2.45, 2.75) is 69.9 Å². The Kier molecular flexibility index (Phi) is 9.27. The highest BCUT2D eigenvalue weighted by molar-refractivity contribution is 6.99. The molecule has 6 rings (SSSR count). The maximum Gasteiger partial charge on any atom is 0.308 e. The Morgan fingerprint density at radius 3 is 1.81 bits per heavy atom. The molecule has 250 valence electrons. The molecule has 0 heterocycles. The van der Waals surface area contributed by atoms with E-state index in [0.717, 1.165) is 11.3 Å². The van der Waals surface area contributed by atoms with Crippen LogP contribution < -0.4 is 15.1 Å². The van der Waals surface area contributed by atoms with E-state index in [0.29, 0.717) is 31.2 Å². The van der Waals surface area contributed by atoms with Gasteiger partial charge in [-0.25, -0.2) is 0 Å². The van der Waals surface area contributed by atoms with Crippen molar-refractivity contribution < 1.29 is 23.5 Å². The van der Waals surface area contributed by atoms with Crippen LogP contribution in [0.1, 0.15) is 75.2 Å². The number of ether oxygens (including phenoxy) is 2. The van der Waals surface area contributed by atoms with Gasteiger partial charge >= 0.3 is 5.97 Å². The molecule has 2 aliphatic carbocycles. The summed E-state index contributed by atoms with van der Waals surface area (Å²) in [5.74, 6) is -0.0789. The molecule has 5 nitrogen and oxygen atoms in total. The quantitative estimate of drug-likeness (QED) is 0.104. The Hall–Kier alpha value is -4.00. The van der Waals surface area contributed by atoms with Crippen LogP contribution in [0.15, 0.2) is 115 Å². The molecule has 4 aromatic carbocycles. The molecule has 0 saturated heterocycles. The van der Waals surface area contributed by atoms with Gasteiger partial charge in [-0.05, 0) is 64.7 Å². The minimum absolute atomic E-state index is 0.0493. The van der Waals surface area contributed by atoms with E-state index in [2.05, 4.69) is 100 Å². The second-order valence-corrected chi connectivity index (χ2v) is 19.1. The van der Waals surface area contributed by atoms with E-state index in [9.17, 15) is 4.79 Å². The summed E-state index contributed by atoms with van der Waals surface area (Å²) in [5.41, 5.74) is 0.365. The number of hydrogen-bond acceptors (Lipinski definition) is 5. The Morgan fingerprint density at radius 2 is 1.31 bits per heavy atom. The van der Waals surface area contributed by atoms with Gasteiger partial charge in [0.05, 0.1) is 31.7 Å². The third-order valence-corrected chi connectivity index (χ3v) is 16.6. The predicted molar refractivity (Wildman–Crippen MR) is 194 cm³/mol. The van der Waals surface area contributed by atoms with E-state index in [1.165, 1.54) is 17.5 Å². The Balaban J connectivity index is 1.64. The highest BCUT2D eigenvalue weighted by Crippen LogP contribution is 2.68. The molecule has 0 N–H and O–H groups in total. The van der Waals surface area contributed by atoms with Gasteiger partial charge in [-0.1, -0.05) is 131 Å². The van der Waals surface area contributed by atoms with Crippen molar-refractivity contribution in [2.24, 2.45) is 17.3 Å². The van der Waals surface area contributed by atoms with E-state index in [1.807, 2.05) is 42.5 Å². The third kappa shape index (κ3) is 5.53. The minimum atomic E-state index is -3.16. The fourth-order valence-corrected chi connectivity index (χ4v) is 14.1. The summed E-state index contributed by atoms with van der Waals surface area (Å²) >= 11 is 0. The van der Waals surface area contributed by atoms with Gasteiger partial charge in [-0.2, -0.15) is 0 Å². The van der Waals surface area contributed by atoms with E-state index in [4.69, 9.17) is 13.9 Å². The minimum Gasteiger partial charge on any atom is -0.497 e. The molecule has 0 amide bonds. The fraction of sp³-hybridized carbons (Fsp3) is 0.381. The highest BCUT2D eigenvalue weighted by Gasteiger charge is 2.70. The summed E-state index contributed by atoms with van der Waals surface area (Å²) < 4.78 is 19.2. The van der Waals surface area contributed by atoms with E-state index >= 15 is 4.79 Å². The fourth-order valence-electron chi connectivity index (χ4n) is 9.15. The topological polar surface area (TPSA) is 61.8 Å². The zero-order chi connectivity index (χ0) is 34.2. The summed E-state index contributed by atoms with van der Waals surface area (Å²) in [6.07, 6.45) is 2.34. The Morgan fingerprint density at radius 1 is 0.771 bits per heavy atom. The molecule has 2 saturated carbocycles. The summed E-state index contributed by atoms with van der Waals surface area (Å²) in [6.45, 7) is 9.15. The van der Waals surface area contributed by atoms with Crippen LogP contribution in [0.2, 0.25) is 5.04 Å². The standard InChI is InChI=1S/C42H48O5Si/c1-40(2,3)48(34-18-12-8-13-19-34,35-20-14-9-15-21-35)47-42-27-26-32(39(44)46-6)29-41(42,4)36(30-22-24-33(45-5)25-23-30)28-37(42)38(43)31-16-10-7-11-17-31/h7-25,32,36-37H,26-29H2,1-6H3. The summed E-state index contributed by atoms with van der Waals surface area (Å²) in [4.78, 5) is 28.3. The first kappa shape index (κ1) is 33.9. The number of benzene rings is 4. The van der Waals surface area contributed by atoms with Crippen molar-refractivity contribution in [3.63, 3.8) is 0 Å². The number of methoxy groups -OCH3 is 2. The van der Waals surface area contributed by atoms with Gasteiger partial charge < -0.3 is 13.9 Å². The summed E-state index contributed by atoms with van der Waals surface area (Å²) in [7, 11) is -0.0118. The molecule has 2 fully saturated rings. The zero-order valence-corrected chi connectivity index (χ0v) is 30.1. The number of esters is 1. The summed E-state index contributed by atoms with van der Waals surface area (Å²) in [6, 6.07) is 39.3. The SMILES string of the molecule is COC(=O)C1CCC2(O[Si](c3ccccc3)(c3ccccc3)C(C)(C)C)C(C(=O)c3ccccc3)CC(c3ccc(OC)cc3)C2(C)C1. The molecule has 0 aromatic heterocycles. The van der Waals surface area contributed by atoms with Crippen molar-refractivity contribution in [1.29, 1.82) is 0 Å². The maximum atomic E-state index is 15.0. The smallest absolute Gasteiger partial charge is 0.308 e. The van der Waals surface area contributed by atoms with E-state index in [1.54, 1.807) is 7.11 Å². The van der Waals surface area contributed by atoms with Gasteiger partial charge in [0.2, 0.25) is 0 Å². The van der Waals surface area contributed by atoms with Crippen LogP contribution in [0.4, 0.5) is 0 Å². The summed E-state index contributed by atoms with van der Waals surface area (Å²) in [5, 5.41) is 2.05. The van der Waals surface area contributed by atoms with Crippen molar-refractivity contribution in [3.8, 4) is 5.75 Å². The van der Waals surface area contributed by atoms with Gasteiger partial charge in [0.15, 0.2) is 5.78 Å². The molecule has 6 heteroatoms. The Bertz CT molecular complexity index is 1680. The lowest BCUT2D eigenvalue weighted by Gasteiger charge is -2.58. The molecule has 0 radical (unpaired) electrons.